The highest BCUT2D eigenvalue weighted by Gasteiger charge is 2.28. The van der Waals surface area contributed by atoms with Gasteiger partial charge in [-0.05, 0) is 54.3 Å². The molecule has 5 heteroatoms. The van der Waals surface area contributed by atoms with Crippen molar-refractivity contribution in [3.05, 3.63) is 53.1 Å². The van der Waals surface area contributed by atoms with Gasteiger partial charge in [0, 0.05) is 6.54 Å². The Hall–Kier alpha value is -2.69. The van der Waals surface area contributed by atoms with Gasteiger partial charge in [-0.1, -0.05) is 12.1 Å². The lowest BCUT2D eigenvalue weighted by atomic mass is 9.92. The molecule has 2 aromatic rings. The predicted molar refractivity (Wildman–Crippen MR) is 100 cm³/mol. The van der Waals surface area contributed by atoms with E-state index in [1.165, 1.54) is 5.56 Å². The van der Waals surface area contributed by atoms with Crippen molar-refractivity contribution >= 4 is 5.91 Å². The third-order valence-electron chi connectivity index (χ3n) is 5.02. The van der Waals surface area contributed by atoms with Crippen molar-refractivity contribution in [2.75, 3.05) is 27.9 Å². The number of hydrogen-bond acceptors (Lipinski definition) is 4. The Labute approximate surface area is 154 Å². The summed E-state index contributed by atoms with van der Waals surface area (Å²) in [6.45, 7) is 2.80. The van der Waals surface area contributed by atoms with Gasteiger partial charge in [0.2, 0.25) is 5.91 Å². The van der Waals surface area contributed by atoms with Gasteiger partial charge in [0.1, 0.15) is 5.75 Å². The average molecular weight is 355 g/mol. The molecule has 1 heterocycles. The van der Waals surface area contributed by atoms with Crippen molar-refractivity contribution in [1.29, 1.82) is 0 Å². The quantitative estimate of drug-likeness (QED) is 0.825. The molecule has 0 aliphatic carbocycles. The van der Waals surface area contributed by atoms with Crippen molar-refractivity contribution in [3.8, 4) is 17.2 Å². The van der Waals surface area contributed by atoms with Crippen molar-refractivity contribution < 1.29 is 19.0 Å². The maximum absolute atomic E-state index is 12.9. The van der Waals surface area contributed by atoms with Gasteiger partial charge < -0.3 is 19.1 Å². The number of rotatable bonds is 5. The third-order valence-corrected chi connectivity index (χ3v) is 5.02. The first-order valence-corrected chi connectivity index (χ1v) is 8.74. The minimum atomic E-state index is 0.0292. The minimum Gasteiger partial charge on any atom is -0.497 e. The maximum atomic E-state index is 12.9. The lowest BCUT2D eigenvalue weighted by molar-refractivity contribution is -0.133. The standard InChI is InChI=1S/C21H25NO4/c1-14-18-13-17(24-2)7-6-16(18)9-10-22(14)21(23)12-15-5-8-19(25-3)20(11-15)26-4/h5-8,11,13-14H,9-10,12H2,1-4H3. The first-order chi connectivity index (χ1) is 12.6. The van der Waals surface area contributed by atoms with Crippen molar-refractivity contribution in [2.24, 2.45) is 0 Å². The molecule has 0 saturated carbocycles. The summed E-state index contributed by atoms with van der Waals surface area (Å²) in [5.74, 6) is 2.23. The van der Waals surface area contributed by atoms with Gasteiger partial charge in [-0.3, -0.25) is 4.79 Å². The SMILES string of the molecule is COc1ccc2c(c1)C(C)N(C(=O)Cc1ccc(OC)c(OC)c1)CC2. The number of amides is 1. The molecule has 0 spiro atoms. The first-order valence-electron chi connectivity index (χ1n) is 8.74. The number of carbonyl (C=O) groups excluding carboxylic acids is 1. The first kappa shape index (κ1) is 18.1. The van der Waals surface area contributed by atoms with Gasteiger partial charge >= 0.3 is 0 Å². The van der Waals surface area contributed by atoms with Gasteiger partial charge in [0.15, 0.2) is 11.5 Å². The van der Waals surface area contributed by atoms with E-state index in [1.807, 2.05) is 35.2 Å². The van der Waals surface area contributed by atoms with Gasteiger partial charge in [0.05, 0.1) is 33.8 Å². The number of carbonyl (C=O) groups is 1. The van der Waals surface area contributed by atoms with Crippen LogP contribution in [0.4, 0.5) is 0 Å². The van der Waals surface area contributed by atoms with Crippen LogP contribution >= 0.6 is 0 Å². The Morgan fingerprint density at radius 3 is 2.50 bits per heavy atom. The Bertz CT molecular complexity index is 803. The smallest absolute Gasteiger partial charge is 0.227 e. The molecule has 0 radical (unpaired) electrons. The number of ether oxygens (including phenoxy) is 3. The van der Waals surface area contributed by atoms with Crippen LogP contribution in [-0.4, -0.2) is 38.7 Å². The zero-order valence-corrected chi connectivity index (χ0v) is 15.7. The molecular weight excluding hydrogens is 330 g/mol. The van der Waals surface area contributed by atoms with Crippen LogP contribution in [-0.2, 0) is 17.6 Å². The van der Waals surface area contributed by atoms with Gasteiger partial charge in [-0.15, -0.1) is 0 Å². The molecule has 5 nitrogen and oxygen atoms in total. The Morgan fingerprint density at radius 2 is 1.81 bits per heavy atom. The number of nitrogens with zero attached hydrogens (tertiary/aromatic N) is 1. The third kappa shape index (κ3) is 3.47. The normalized spacial score (nSPS) is 16.0. The number of fused-ring (bicyclic) bond motifs is 1. The van der Waals surface area contributed by atoms with Crippen LogP contribution in [0.15, 0.2) is 36.4 Å². The summed E-state index contributed by atoms with van der Waals surface area (Å²) in [6.07, 6.45) is 1.20. The summed E-state index contributed by atoms with van der Waals surface area (Å²) in [6, 6.07) is 11.7. The molecule has 0 aromatic heterocycles. The molecule has 0 N–H and O–H groups in total. The highest BCUT2D eigenvalue weighted by molar-refractivity contribution is 5.80. The van der Waals surface area contributed by atoms with E-state index < -0.39 is 0 Å². The van der Waals surface area contributed by atoms with Crippen LogP contribution < -0.4 is 14.2 Å². The number of benzene rings is 2. The zero-order valence-electron chi connectivity index (χ0n) is 15.7. The fraction of sp³-hybridized carbons (Fsp3) is 0.381. The predicted octanol–water partition coefficient (Wildman–Crippen LogP) is 3.40. The average Bonchev–Trinajstić information content (AvgIpc) is 2.67. The van der Waals surface area contributed by atoms with Crippen LogP contribution in [0.25, 0.3) is 0 Å². The van der Waals surface area contributed by atoms with E-state index in [4.69, 9.17) is 14.2 Å². The molecule has 0 bridgehead atoms. The van der Waals surface area contributed by atoms with Crippen LogP contribution in [0.3, 0.4) is 0 Å². The summed E-state index contributed by atoms with van der Waals surface area (Å²) in [5, 5.41) is 0. The second-order valence-electron chi connectivity index (χ2n) is 6.44. The van der Waals surface area contributed by atoms with Gasteiger partial charge in [-0.25, -0.2) is 0 Å². The second kappa shape index (κ2) is 7.68. The molecular formula is C21H25NO4. The fourth-order valence-electron chi connectivity index (χ4n) is 3.53. The van der Waals surface area contributed by atoms with Crippen LogP contribution in [0.2, 0.25) is 0 Å². The molecule has 2 aromatic carbocycles. The molecule has 0 saturated heterocycles. The molecule has 1 unspecified atom stereocenters. The Balaban J connectivity index is 1.78. The van der Waals surface area contributed by atoms with Crippen molar-refractivity contribution in [2.45, 2.75) is 25.8 Å². The molecule has 0 fully saturated rings. The summed E-state index contributed by atoms with van der Waals surface area (Å²) in [5.41, 5.74) is 3.36. The van der Waals surface area contributed by atoms with E-state index in [0.29, 0.717) is 17.9 Å². The van der Waals surface area contributed by atoms with Crippen LogP contribution in [0, 0.1) is 0 Å². The van der Waals surface area contributed by atoms with Gasteiger partial charge in [0.25, 0.3) is 0 Å². The second-order valence-corrected chi connectivity index (χ2v) is 6.44. The van der Waals surface area contributed by atoms with Crippen LogP contribution in [0.5, 0.6) is 17.2 Å². The van der Waals surface area contributed by atoms with Gasteiger partial charge in [-0.2, -0.15) is 0 Å². The van der Waals surface area contributed by atoms with E-state index in [9.17, 15) is 4.79 Å². The summed E-state index contributed by atoms with van der Waals surface area (Å²) in [4.78, 5) is 14.9. The van der Waals surface area contributed by atoms with Crippen molar-refractivity contribution in [3.63, 3.8) is 0 Å². The van der Waals surface area contributed by atoms with E-state index >= 15 is 0 Å². The van der Waals surface area contributed by atoms with E-state index in [-0.39, 0.29) is 11.9 Å². The molecule has 1 aliphatic heterocycles. The maximum Gasteiger partial charge on any atom is 0.227 e. The van der Waals surface area contributed by atoms with E-state index in [0.717, 1.165) is 29.8 Å². The fourth-order valence-corrected chi connectivity index (χ4v) is 3.53. The molecule has 3 rings (SSSR count). The highest BCUT2D eigenvalue weighted by Crippen LogP contribution is 2.33. The molecule has 1 amide bonds. The summed E-state index contributed by atoms with van der Waals surface area (Å²) in [7, 11) is 4.86. The number of hydrogen-bond donors (Lipinski definition) is 0. The summed E-state index contributed by atoms with van der Waals surface area (Å²) >= 11 is 0. The highest BCUT2D eigenvalue weighted by atomic mass is 16.5. The lowest BCUT2D eigenvalue weighted by Gasteiger charge is -2.35. The Kier molecular flexibility index (Phi) is 5.35. The Morgan fingerprint density at radius 1 is 1.04 bits per heavy atom. The molecule has 1 atom stereocenters. The van der Waals surface area contributed by atoms with Crippen molar-refractivity contribution in [1.82, 2.24) is 4.90 Å². The van der Waals surface area contributed by atoms with Crippen LogP contribution in [0.1, 0.15) is 29.7 Å². The lowest BCUT2D eigenvalue weighted by Crippen LogP contribution is -2.39. The monoisotopic (exact) mass is 355 g/mol. The topological polar surface area (TPSA) is 48.0 Å². The molecule has 26 heavy (non-hydrogen) atoms. The zero-order chi connectivity index (χ0) is 18.7. The van der Waals surface area contributed by atoms with E-state index in [1.54, 1.807) is 21.3 Å². The largest absolute Gasteiger partial charge is 0.497 e. The minimum absolute atomic E-state index is 0.0292. The van der Waals surface area contributed by atoms with E-state index in [2.05, 4.69) is 13.0 Å². The molecule has 1 aliphatic rings. The summed E-state index contributed by atoms with van der Waals surface area (Å²) < 4.78 is 15.9. The molecule has 138 valence electrons. The number of methoxy groups -OCH3 is 3.